The number of halogens is 3. The van der Waals surface area contributed by atoms with E-state index in [4.69, 9.17) is 16.1 Å². The van der Waals surface area contributed by atoms with Gasteiger partial charge in [-0.1, -0.05) is 59.2 Å². The van der Waals surface area contributed by atoms with Gasteiger partial charge in [0.25, 0.3) is 5.91 Å². The van der Waals surface area contributed by atoms with Gasteiger partial charge in [-0.25, -0.2) is 0 Å². The predicted octanol–water partition coefficient (Wildman–Crippen LogP) is 3.84. The van der Waals surface area contributed by atoms with Gasteiger partial charge in [0.15, 0.2) is 0 Å². The van der Waals surface area contributed by atoms with Gasteiger partial charge in [-0.15, -0.1) is 0 Å². The zero-order valence-corrected chi connectivity index (χ0v) is 14.2. The number of hydrogen-bond donors (Lipinski definition) is 1. The largest absolute Gasteiger partial charge is 0.350 e. The standard InChI is InChI=1S/C18H14ClF2N3O2/c19-14-8-4-5-12(11-14)16-23-15(26-24-16)9-10-22-17(25)18(20,21)13-6-2-1-3-7-13/h1-8,11H,9-10H2,(H,22,25). The molecule has 26 heavy (non-hydrogen) atoms. The fourth-order valence-corrected chi connectivity index (χ4v) is 2.46. The van der Waals surface area contributed by atoms with Crippen molar-refractivity contribution in [3.05, 3.63) is 71.1 Å². The topological polar surface area (TPSA) is 68.0 Å². The number of nitrogens with zero attached hydrogens (tertiary/aromatic N) is 2. The van der Waals surface area contributed by atoms with Crippen molar-refractivity contribution in [2.24, 2.45) is 0 Å². The first-order chi connectivity index (χ1) is 12.5. The van der Waals surface area contributed by atoms with E-state index in [0.717, 1.165) is 0 Å². The average molecular weight is 378 g/mol. The minimum Gasteiger partial charge on any atom is -0.350 e. The van der Waals surface area contributed by atoms with E-state index in [0.29, 0.717) is 16.4 Å². The van der Waals surface area contributed by atoms with Gasteiger partial charge in [-0.05, 0) is 12.1 Å². The zero-order valence-electron chi connectivity index (χ0n) is 13.5. The van der Waals surface area contributed by atoms with Crippen molar-refractivity contribution in [3.63, 3.8) is 0 Å². The molecule has 134 valence electrons. The summed E-state index contributed by atoms with van der Waals surface area (Å²) in [5.74, 6) is -4.42. The molecule has 8 heteroatoms. The van der Waals surface area contributed by atoms with Gasteiger partial charge in [0.1, 0.15) is 0 Å². The Labute approximate surface area is 153 Å². The highest BCUT2D eigenvalue weighted by atomic mass is 35.5. The van der Waals surface area contributed by atoms with Crippen molar-refractivity contribution in [2.75, 3.05) is 6.54 Å². The summed E-state index contributed by atoms with van der Waals surface area (Å²) in [4.78, 5) is 15.9. The highest BCUT2D eigenvalue weighted by Crippen LogP contribution is 2.27. The summed E-state index contributed by atoms with van der Waals surface area (Å²) in [7, 11) is 0. The smallest absolute Gasteiger partial charge is 0.349 e. The first-order valence-electron chi connectivity index (χ1n) is 7.77. The lowest BCUT2D eigenvalue weighted by atomic mass is 10.1. The fraction of sp³-hybridized carbons (Fsp3) is 0.167. The number of carbonyl (C=O) groups is 1. The van der Waals surface area contributed by atoms with Crippen molar-refractivity contribution < 1.29 is 18.1 Å². The molecule has 0 aliphatic rings. The van der Waals surface area contributed by atoms with E-state index in [9.17, 15) is 13.6 Å². The van der Waals surface area contributed by atoms with Gasteiger partial charge in [-0.2, -0.15) is 13.8 Å². The zero-order chi connectivity index (χ0) is 18.6. The maximum absolute atomic E-state index is 14.1. The van der Waals surface area contributed by atoms with E-state index < -0.39 is 11.8 Å². The highest BCUT2D eigenvalue weighted by molar-refractivity contribution is 6.30. The molecule has 0 unspecified atom stereocenters. The molecular weight excluding hydrogens is 364 g/mol. The second-order valence-electron chi connectivity index (χ2n) is 5.47. The molecule has 0 aliphatic heterocycles. The van der Waals surface area contributed by atoms with Crippen LogP contribution in [0.2, 0.25) is 5.02 Å². The van der Waals surface area contributed by atoms with Crippen LogP contribution in [-0.2, 0) is 17.1 Å². The third-order valence-corrected chi connectivity index (χ3v) is 3.83. The van der Waals surface area contributed by atoms with Crippen molar-refractivity contribution in [3.8, 4) is 11.4 Å². The number of aromatic nitrogens is 2. The summed E-state index contributed by atoms with van der Waals surface area (Å²) in [5.41, 5.74) is 0.311. The monoisotopic (exact) mass is 377 g/mol. The molecule has 0 spiro atoms. The van der Waals surface area contributed by atoms with Crippen molar-refractivity contribution in [1.29, 1.82) is 0 Å². The number of rotatable bonds is 6. The summed E-state index contributed by atoms with van der Waals surface area (Å²) < 4.78 is 33.2. The van der Waals surface area contributed by atoms with Gasteiger partial charge in [0.2, 0.25) is 11.7 Å². The van der Waals surface area contributed by atoms with Crippen LogP contribution >= 0.6 is 11.6 Å². The molecule has 2 aromatic carbocycles. The Hall–Kier alpha value is -2.80. The van der Waals surface area contributed by atoms with Crippen LogP contribution in [0.25, 0.3) is 11.4 Å². The average Bonchev–Trinajstić information content (AvgIpc) is 3.11. The minimum absolute atomic E-state index is 0.0571. The third-order valence-electron chi connectivity index (χ3n) is 3.60. The second-order valence-corrected chi connectivity index (χ2v) is 5.90. The first-order valence-corrected chi connectivity index (χ1v) is 8.15. The Morgan fingerprint density at radius 2 is 1.92 bits per heavy atom. The molecule has 3 aromatic rings. The van der Waals surface area contributed by atoms with E-state index in [-0.39, 0.29) is 24.4 Å². The van der Waals surface area contributed by atoms with Gasteiger partial charge >= 0.3 is 5.92 Å². The molecule has 1 aromatic heterocycles. The summed E-state index contributed by atoms with van der Waals surface area (Å²) in [6.45, 7) is -0.0571. The predicted molar refractivity (Wildman–Crippen MR) is 91.8 cm³/mol. The first kappa shape index (κ1) is 18.0. The van der Waals surface area contributed by atoms with Crippen LogP contribution in [0.1, 0.15) is 11.5 Å². The Bertz CT molecular complexity index is 900. The lowest BCUT2D eigenvalue weighted by Gasteiger charge is -2.15. The maximum atomic E-state index is 14.1. The van der Waals surface area contributed by atoms with Crippen LogP contribution in [-0.4, -0.2) is 22.6 Å². The van der Waals surface area contributed by atoms with Crippen molar-refractivity contribution in [1.82, 2.24) is 15.5 Å². The number of carbonyl (C=O) groups excluding carboxylic acids is 1. The van der Waals surface area contributed by atoms with E-state index in [1.807, 2.05) is 0 Å². The van der Waals surface area contributed by atoms with E-state index in [2.05, 4.69) is 15.5 Å². The second kappa shape index (κ2) is 7.61. The number of amides is 1. The van der Waals surface area contributed by atoms with Gasteiger partial charge < -0.3 is 9.84 Å². The van der Waals surface area contributed by atoms with E-state index >= 15 is 0 Å². The fourth-order valence-electron chi connectivity index (χ4n) is 2.27. The number of nitrogens with one attached hydrogen (secondary N) is 1. The molecule has 0 bridgehead atoms. The molecule has 0 radical (unpaired) electrons. The maximum Gasteiger partial charge on any atom is 0.349 e. The molecule has 5 nitrogen and oxygen atoms in total. The highest BCUT2D eigenvalue weighted by Gasteiger charge is 2.40. The molecule has 3 rings (SSSR count). The molecule has 0 aliphatic carbocycles. The Morgan fingerprint density at radius 1 is 1.15 bits per heavy atom. The summed E-state index contributed by atoms with van der Waals surface area (Å²) >= 11 is 5.91. The minimum atomic E-state index is -3.61. The lowest BCUT2D eigenvalue weighted by molar-refractivity contribution is -0.146. The molecule has 1 amide bonds. The van der Waals surface area contributed by atoms with Gasteiger partial charge in [-0.3, -0.25) is 4.79 Å². The van der Waals surface area contributed by atoms with E-state index in [1.165, 1.54) is 24.3 Å². The lowest BCUT2D eigenvalue weighted by Crippen LogP contribution is -2.39. The number of benzene rings is 2. The number of alkyl halides is 2. The molecular formula is C18H14ClF2N3O2. The summed E-state index contributed by atoms with van der Waals surface area (Å²) in [5, 5.41) is 6.54. The molecule has 0 fully saturated rings. The molecule has 1 heterocycles. The van der Waals surface area contributed by atoms with E-state index in [1.54, 1.807) is 30.3 Å². The molecule has 0 saturated heterocycles. The van der Waals surface area contributed by atoms with Crippen LogP contribution in [0.15, 0.2) is 59.1 Å². The third kappa shape index (κ3) is 4.05. The Morgan fingerprint density at radius 3 is 2.65 bits per heavy atom. The summed E-state index contributed by atoms with van der Waals surface area (Å²) in [6, 6.07) is 13.8. The van der Waals surface area contributed by atoms with Crippen LogP contribution in [0.4, 0.5) is 8.78 Å². The van der Waals surface area contributed by atoms with Crippen LogP contribution in [0, 0.1) is 0 Å². The van der Waals surface area contributed by atoms with Gasteiger partial charge in [0.05, 0.1) is 0 Å². The molecule has 1 N–H and O–H groups in total. The van der Waals surface area contributed by atoms with Crippen molar-refractivity contribution >= 4 is 17.5 Å². The van der Waals surface area contributed by atoms with Gasteiger partial charge in [0, 0.05) is 29.1 Å². The van der Waals surface area contributed by atoms with Crippen LogP contribution in [0.5, 0.6) is 0 Å². The normalized spacial score (nSPS) is 11.3. The quantitative estimate of drug-likeness (QED) is 0.708. The van der Waals surface area contributed by atoms with Crippen LogP contribution < -0.4 is 5.32 Å². The Kier molecular flexibility index (Phi) is 5.27. The SMILES string of the molecule is O=C(NCCc1nc(-c2cccc(Cl)c2)no1)C(F)(F)c1ccccc1. The van der Waals surface area contributed by atoms with Crippen molar-refractivity contribution in [2.45, 2.75) is 12.3 Å². The summed E-state index contributed by atoms with van der Waals surface area (Å²) in [6.07, 6.45) is 0.129. The number of hydrogen-bond acceptors (Lipinski definition) is 4. The molecule has 0 saturated carbocycles. The van der Waals surface area contributed by atoms with Crippen LogP contribution in [0.3, 0.4) is 0 Å². The Balaban J connectivity index is 1.58. The molecule has 0 atom stereocenters.